The van der Waals surface area contributed by atoms with Crippen molar-refractivity contribution < 1.29 is 4.79 Å². The van der Waals surface area contributed by atoms with Crippen LogP contribution in [0.5, 0.6) is 0 Å². The van der Waals surface area contributed by atoms with Gasteiger partial charge in [0.2, 0.25) is 5.91 Å². The first kappa shape index (κ1) is 10.5. The number of amides is 1. The van der Waals surface area contributed by atoms with E-state index in [1.807, 2.05) is 19.1 Å². The van der Waals surface area contributed by atoms with Crippen LogP contribution in [0, 0.1) is 6.92 Å². The number of anilines is 1. The molecule has 14 heavy (non-hydrogen) atoms. The van der Waals surface area contributed by atoms with Gasteiger partial charge in [-0.05, 0) is 18.6 Å². The average Bonchev–Trinajstić information content (AvgIpc) is 2.15. The molecule has 76 valence electrons. The van der Waals surface area contributed by atoms with E-state index in [-0.39, 0.29) is 5.91 Å². The molecule has 0 saturated heterocycles. The van der Waals surface area contributed by atoms with E-state index in [0.717, 1.165) is 11.4 Å². The van der Waals surface area contributed by atoms with Crippen LogP contribution in [-0.4, -0.2) is 24.0 Å². The molecule has 0 radical (unpaired) electrons. The second-order valence-electron chi connectivity index (χ2n) is 3.08. The Morgan fingerprint density at radius 3 is 2.93 bits per heavy atom. The molecular formula is C10H15N3O. The van der Waals surface area contributed by atoms with Gasteiger partial charge in [-0.25, -0.2) is 4.98 Å². The van der Waals surface area contributed by atoms with Crippen molar-refractivity contribution in [3.05, 3.63) is 23.9 Å². The lowest BCUT2D eigenvalue weighted by molar-refractivity contribution is -0.118. The van der Waals surface area contributed by atoms with Crippen LogP contribution in [-0.2, 0) is 4.79 Å². The van der Waals surface area contributed by atoms with Crippen LogP contribution in [0.1, 0.15) is 12.5 Å². The van der Waals surface area contributed by atoms with Gasteiger partial charge in [-0.1, -0.05) is 6.07 Å². The molecule has 0 aromatic carbocycles. The van der Waals surface area contributed by atoms with E-state index in [4.69, 9.17) is 0 Å². The molecule has 1 aromatic heterocycles. The molecule has 0 unspecified atom stereocenters. The Labute approximate surface area is 83.7 Å². The zero-order valence-corrected chi connectivity index (χ0v) is 8.50. The predicted molar refractivity (Wildman–Crippen MR) is 56.1 cm³/mol. The van der Waals surface area contributed by atoms with Gasteiger partial charge in [-0.15, -0.1) is 0 Å². The van der Waals surface area contributed by atoms with Crippen molar-refractivity contribution in [2.24, 2.45) is 0 Å². The maximum absolute atomic E-state index is 10.6. The van der Waals surface area contributed by atoms with Crippen molar-refractivity contribution in [2.75, 3.05) is 18.4 Å². The van der Waals surface area contributed by atoms with E-state index in [1.54, 1.807) is 6.20 Å². The van der Waals surface area contributed by atoms with Crippen LogP contribution in [0.25, 0.3) is 0 Å². The van der Waals surface area contributed by atoms with Gasteiger partial charge in [0.05, 0.1) is 0 Å². The summed E-state index contributed by atoms with van der Waals surface area (Å²) in [7, 11) is 0. The highest BCUT2D eigenvalue weighted by molar-refractivity contribution is 5.72. The van der Waals surface area contributed by atoms with E-state index in [2.05, 4.69) is 15.6 Å². The van der Waals surface area contributed by atoms with E-state index < -0.39 is 0 Å². The summed E-state index contributed by atoms with van der Waals surface area (Å²) in [6, 6.07) is 3.89. The topological polar surface area (TPSA) is 54.0 Å². The van der Waals surface area contributed by atoms with Crippen LogP contribution >= 0.6 is 0 Å². The molecule has 0 fully saturated rings. The van der Waals surface area contributed by atoms with Crippen LogP contribution < -0.4 is 10.6 Å². The summed E-state index contributed by atoms with van der Waals surface area (Å²) < 4.78 is 0. The molecule has 0 aliphatic rings. The summed E-state index contributed by atoms with van der Waals surface area (Å²) in [4.78, 5) is 14.7. The van der Waals surface area contributed by atoms with Crippen molar-refractivity contribution in [1.82, 2.24) is 10.3 Å². The molecule has 0 aliphatic heterocycles. The fourth-order valence-corrected chi connectivity index (χ4v) is 1.09. The molecule has 1 aromatic rings. The minimum Gasteiger partial charge on any atom is -0.368 e. The molecule has 1 heterocycles. The van der Waals surface area contributed by atoms with Gasteiger partial charge in [0.25, 0.3) is 0 Å². The van der Waals surface area contributed by atoms with Gasteiger partial charge >= 0.3 is 0 Å². The number of pyridine rings is 1. The summed E-state index contributed by atoms with van der Waals surface area (Å²) in [6.07, 6.45) is 1.74. The van der Waals surface area contributed by atoms with E-state index in [0.29, 0.717) is 13.1 Å². The average molecular weight is 193 g/mol. The first-order valence-electron chi connectivity index (χ1n) is 4.60. The number of hydrogen-bond donors (Lipinski definition) is 2. The SMILES string of the molecule is CC(=O)NCCNc1ncccc1C. The maximum Gasteiger partial charge on any atom is 0.216 e. The molecule has 0 saturated carbocycles. The number of carbonyl (C=O) groups excluding carboxylic acids is 1. The van der Waals surface area contributed by atoms with Gasteiger partial charge in [0.1, 0.15) is 5.82 Å². The highest BCUT2D eigenvalue weighted by Gasteiger charge is 1.96. The number of hydrogen-bond acceptors (Lipinski definition) is 3. The second-order valence-corrected chi connectivity index (χ2v) is 3.08. The van der Waals surface area contributed by atoms with Crippen LogP contribution in [0.3, 0.4) is 0 Å². The molecule has 4 nitrogen and oxygen atoms in total. The first-order valence-corrected chi connectivity index (χ1v) is 4.60. The van der Waals surface area contributed by atoms with Crippen molar-refractivity contribution in [2.45, 2.75) is 13.8 Å². The van der Waals surface area contributed by atoms with Gasteiger partial charge < -0.3 is 10.6 Å². The minimum atomic E-state index is -0.00968. The summed E-state index contributed by atoms with van der Waals surface area (Å²) >= 11 is 0. The molecule has 1 rings (SSSR count). The molecule has 2 N–H and O–H groups in total. The lowest BCUT2D eigenvalue weighted by Crippen LogP contribution is -2.26. The number of rotatable bonds is 4. The molecule has 0 atom stereocenters. The number of nitrogens with one attached hydrogen (secondary N) is 2. The Morgan fingerprint density at radius 2 is 2.29 bits per heavy atom. The predicted octanol–water partition coefficient (Wildman–Crippen LogP) is 0.938. The lowest BCUT2D eigenvalue weighted by atomic mass is 10.3. The second kappa shape index (κ2) is 5.21. The van der Waals surface area contributed by atoms with Crippen molar-refractivity contribution in [3.8, 4) is 0 Å². The Bertz CT molecular complexity index is 312. The molecular weight excluding hydrogens is 178 g/mol. The summed E-state index contributed by atoms with van der Waals surface area (Å²) in [5.41, 5.74) is 1.11. The Morgan fingerprint density at radius 1 is 1.50 bits per heavy atom. The zero-order valence-electron chi connectivity index (χ0n) is 8.50. The lowest BCUT2D eigenvalue weighted by Gasteiger charge is -2.07. The van der Waals surface area contributed by atoms with Crippen molar-refractivity contribution in [3.63, 3.8) is 0 Å². The van der Waals surface area contributed by atoms with Gasteiger partial charge in [-0.2, -0.15) is 0 Å². The molecule has 4 heteroatoms. The van der Waals surface area contributed by atoms with Crippen LogP contribution in [0.15, 0.2) is 18.3 Å². The maximum atomic E-state index is 10.6. The standard InChI is InChI=1S/C10H15N3O/c1-8-4-3-5-12-10(8)13-7-6-11-9(2)14/h3-5H,6-7H2,1-2H3,(H,11,14)(H,12,13). The Kier molecular flexibility index (Phi) is 3.91. The molecule has 0 bridgehead atoms. The normalized spacial score (nSPS) is 9.57. The van der Waals surface area contributed by atoms with Gasteiger partial charge in [0.15, 0.2) is 0 Å². The summed E-state index contributed by atoms with van der Waals surface area (Å²) in [5, 5.41) is 5.85. The summed E-state index contributed by atoms with van der Waals surface area (Å²) in [5.74, 6) is 0.863. The molecule has 1 amide bonds. The van der Waals surface area contributed by atoms with Gasteiger partial charge in [0, 0.05) is 26.2 Å². The number of carbonyl (C=O) groups is 1. The number of nitrogens with zero attached hydrogens (tertiary/aromatic N) is 1. The highest BCUT2D eigenvalue weighted by atomic mass is 16.1. The summed E-state index contributed by atoms with van der Waals surface area (Å²) in [6.45, 7) is 4.81. The highest BCUT2D eigenvalue weighted by Crippen LogP contribution is 2.07. The fraction of sp³-hybridized carbons (Fsp3) is 0.400. The number of aryl methyl sites for hydroxylation is 1. The van der Waals surface area contributed by atoms with Crippen molar-refractivity contribution in [1.29, 1.82) is 0 Å². The van der Waals surface area contributed by atoms with E-state index in [1.165, 1.54) is 6.92 Å². The van der Waals surface area contributed by atoms with Gasteiger partial charge in [-0.3, -0.25) is 4.79 Å². The third kappa shape index (κ3) is 3.43. The first-order chi connectivity index (χ1) is 6.70. The quantitative estimate of drug-likeness (QED) is 0.700. The van der Waals surface area contributed by atoms with Crippen molar-refractivity contribution >= 4 is 11.7 Å². The zero-order chi connectivity index (χ0) is 10.4. The smallest absolute Gasteiger partial charge is 0.216 e. The Balaban J connectivity index is 2.31. The number of aromatic nitrogens is 1. The fourth-order valence-electron chi connectivity index (χ4n) is 1.09. The monoisotopic (exact) mass is 193 g/mol. The largest absolute Gasteiger partial charge is 0.368 e. The molecule has 0 spiro atoms. The van der Waals surface area contributed by atoms with Crippen LogP contribution in [0.4, 0.5) is 5.82 Å². The minimum absolute atomic E-state index is 0.00968. The molecule has 0 aliphatic carbocycles. The third-order valence-electron chi connectivity index (χ3n) is 1.80. The third-order valence-corrected chi connectivity index (χ3v) is 1.80. The van der Waals surface area contributed by atoms with E-state index >= 15 is 0 Å². The Hall–Kier alpha value is -1.58. The van der Waals surface area contributed by atoms with E-state index in [9.17, 15) is 4.79 Å². The van der Waals surface area contributed by atoms with Crippen LogP contribution in [0.2, 0.25) is 0 Å².